The fourth-order valence-electron chi connectivity index (χ4n) is 1.76. The third-order valence-corrected chi connectivity index (χ3v) is 4.02. The summed E-state index contributed by atoms with van der Waals surface area (Å²) in [6.07, 6.45) is 1.65. The number of methoxy groups -OCH3 is 1. The minimum atomic E-state index is 0.418. The number of rotatable bonds is 5. The van der Waals surface area contributed by atoms with Crippen molar-refractivity contribution in [2.24, 2.45) is 0 Å². The average Bonchev–Trinajstić information content (AvgIpc) is 2.43. The molecule has 2 aromatic rings. The van der Waals surface area contributed by atoms with E-state index >= 15 is 0 Å². The molecule has 0 spiro atoms. The van der Waals surface area contributed by atoms with Crippen molar-refractivity contribution >= 4 is 27.5 Å². The first kappa shape index (κ1) is 14.4. The van der Waals surface area contributed by atoms with E-state index in [4.69, 9.17) is 16.3 Å². The van der Waals surface area contributed by atoms with Gasteiger partial charge in [0.1, 0.15) is 11.0 Å². The third-order valence-electron chi connectivity index (χ3n) is 2.69. The molecule has 0 atom stereocenters. The molecule has 100 valence electrons. The quantitative estimate of drug-likeness (QED) is 0.775. The molecule has 0 aliphatic rings. The van der Waals surface area contributed by atoms with E-state index < -0.39 is 0 Å². The van der Waals surface area contributed by atoms with Gasteiger partial charge in [-0.1, -0.05) is 41.9 Å². The minimum Gasteiger partial charge on any atom is -0.378 e. The van der Waals surface area contributed by atoms with Crippen LogP contribution in [0.1, 0.15) is 17.1 Å². The van der Waals surface area contributed by atoms with Crippen LogP contribution in [0.15, 0.2) is 34.8 Å². The van der Waals surface area contributed by atoms with Crippen molar-refractivity contribution in [1.82, 2.24) is 9.97 Å². The minimum absolute atomic E-state index is 0.418. The Morgan fingerprint density at radius 3 is 2.58 bits per heavy atom. The summed E-state index contributed by atoms with van der Waals surface area (Å²) >= 11 is 9.46. The molecule has 0 radical (unpaired) electrons. The summed E-state index contributed by atoms with van der Waals surface area (Å²) in [7, 11) is 1.63. The molecule has 19 heavy (non-hydrogen) atoms. The van der Waals surface area contributed by atoms with Gasteiger partial charge in [0.25, 0.3) is 0 Å². The van der Waals surface area contributed by atoms with E-state index in [1.807, 2.05) is 18.2 Å². The first-order valence-corrected chi connectivity index (χ1v) is 7.11. The molecular formula is C14H14BrClN2O. The van der Waals surface area contributed by atoms with Crippen molar-refractivity contribution in [3.63, 3.8) is 0 Å². The molecule has 1 aromatic heterocycles. The van der Waals surface area contributed by atoms with Crippen molar-refractivity contribution in [2.75, 3.05) is 7.11 Å². The van der Waals surface area contributed by atoms with Crippen molar-refractivity contribution in [2.45, 2.75) is 19.4 Å². The molecule has 5 heteroatoms. The molecule has 2 rings (SSSR count). The largest absolute Gasteiger partial charge is 0.378 e. The Hall–Kier alpha value is -0.970. The first-order chi connectivity index (χ1) is 9.20. The fourth-order valence-corrected chi connectivity index (χ4v) is 2.25. The molecule has 0 saturated heterocycles. The van der Waals surface area contributed by atoms with Crippen LogP contribution < -0.4 is 0 Å². The third kappa shape index (κ3) is 4.00. The van der Waals surface area contributed by atoms with Crippen LogP contribution in [-0.2, 0) is 24.2 Å². The highest BCUT2D eigenvalue weighted by atomic mass is 79.9. The smallest absolute Gasteiger partial charge is 0.147 e. The number of ether oxygens (including phenoxy) is 1. The first-order valence-electron chi connectivity index (χ1n) is 5.94. The number of hydrogen-bond donors (Lipinski definition) is 0. The van der Waals surface area contributed by atoms with Crippen LogP contribution in [-0.4, -0.2) is 17.1 Å². The molecule has 0 bridgehead atoms. The van der Waals surface area contributed by atoms with Gasteiger partial charge in [0, 0.05) is 13.5 Å². The SMILES string of the molecule is COCc1nc(CCc2ccccc2)nc(Cl)c1Br. The fraction of sp³-hybridized carbons (Fsp3) is 0.286. The second kappa shape index (κ2) is 6.98. The van der Waals surface area contributed by atoms with Crippen LogP contribution >= 0.6 is 27.5 Å². The van der Waals surface area contributed by atoms with Crippen LogP contribution in [0.2, 0.25) is 5.15 Å². The van der Waals surface area contributed by atoms with E-state index in [-0.39, 0.29) is 0 Å². The zero-order valence-corrected chi connectivity index (χ0v) is 12.9. The molecule has 0 aliphatic heterocycles. The maximum absolute atomic E-state index is 6.08. The number of nitrogens with zero attached hydrogens (tertiary/aromatic N) is 2. The summed E-state index contributed by atoms with van der Waals surface area (Å²) in [5, 5.41) is 0.435. The molecule has 0 N–H and O–H groups in total. The standard InChI is InChI=1S/C14H14BrClN2O/c1-19-9-11-13(15)14(16)18-12(17-11)8-7-10-5-3-2-4-6-10/h2-6H,7-9H2,1H3. The highest BCUT2D eigenvalue weighted by molar-refractivity contribution is 9.10. The van der Waals surface area contributed by atoms with Gasteiger partial charge in [-0.05, 0) is 27.9 Å². The maximum atomic E-state index is 6.08. The lowest BCUT2D eigenvalue weighted by Crippen LogP contribution is -2.04. The van der Waals surface area contributed by atoms with Crippen LogP contribution in [0, 0.1) is 0 Å². The summed E-state index contributed by atoms with van der Waals surface area (Å²) in [5.74, 6) is 0.740. The van der Waals surface area contributed by atoms with Crippen LogP contribution in [0.3, 0.4) is 0 Å². The summed E-state index contributed by atoms with van der Waals surface area (Å²) in [6.45, 7) is 0.418. The van der Waals surface area contributed by atoms with Gasteiger partial charge in [-0.2, -0.15) is 0 Å². The Morgan fingerprint density at radius 2 is 1.89 bits per heavy atom. The van der Waals surface area contributed by atoms with E-state index in [0.29, 0.717) is 16.2 Å². The lowest BCUT2D eigenvalue weighted by atomic mass is 10.1. The Labute approximate surface area is 126 Å². The predicted molar refractivity (Wildman–Crippen MR) is 79.3 cm³/mol. The average molecular weight is 342 g/mol. The predicted octanol–water partition coefficient (Wildman–Crippen LogP) is 3.82. The van der Waals surface area contributed by atoms with Gasteiger partial charge in [-0.3, -0.25) is 0 Å². The second-order valence-corrected chi connectivity index (χ2v) is 5.26. The summed E-state index contributed by atoms with van der Waals surface area (Å²) in [4.78, 5) is 8.75. The lowest BCUT2D eigenvalue weighted by molar-refractivity contribution is 0.180. The Kier molecular flexibility index (Phi) is 5.31. The molecule has 0 aliphatic carbocycles. The Bertz CT molecular complexity index is 549. The van der Waals surface area contributed by atoms with Gasteiger partial charge in [-0.25, -0.2) is 9.97 Å². The number of aryl methyl sites for hydroxylation is 2. The molecule has 1 heterocycles. The zero-order valence-electron chi connectivity index (χ0n) is 10.6. The van der Waals surface area contributed by atoms with Gasteiger partial charge in [0.15, 0.2) is 0 Å². The molecular weight excluding hydrogens is 328 g/mol. The van der Waals surface area contributed by atoms with E-state index in [0.717, 1.165) is 24.4 Å². The number of hydrogen-bond acceptors (Lipinski definition) is 3. The van der Waals surface area contributed by atoms with Crippen LogP contribution in [0.25, 0.3) is 0 Å². The molecule has 0 amide bonds. The molecule has 0 saturated carbocycles. The van der Waals surface area contributed by atoms with Crippen LogP contribution in [0.4, 0.5) is 0 Å². The van der Waals surface area contributed by atoms with Gasteiger partial charge in [0.05, 0.1) is 16.8 Å². The van der Waals surface area contributed by atoms with Crippen molar-refractivity contribution in [3.05, 3.63) is 57.0 Å². The van der Waals surface area contributed by atoms with Crippen LogP contribution in [0.5, 0.6) is 0 Å². The van der Waals surface area contributed by atoms with E-state index in [9.17, 15) is 0 Å². The number of benzene rings is 1. The van der Waals surface area contributed by atoms with Crippen molar-refractivity contribution < 1.29 is 4.74 Å². The van der Waals surface area contributed by atoms with Gasteiger partial charge >= 0.3 is 0 Å². The summed E-state index contributed by atoms with van der Waals surface area (Å²) in [5.41, 5.74) is 2.05. The van der Waals surface area contributed by atoms with E-state index in [2.05, 4.69) is 38.0 Å². The number of halogens is 2. The monoisotopic (exact) mass is 340 g/mol. The Morgan fingerprint density at radius 1 is 1.16 bits per heavy atom. The topological polar surface area (TPSA) is 35.0 Å². The van der Waals surface area contributed by atoms with Crippen molar-refractivity contribution in [3.8, 4) is 0 Å². The van der Waals surface area contributed by atoms with E-state index in [1.54, 1.807) is 7.11 Å². The van der Waals surface area contributed by atoms with Gasteiger partial charge in [-0.15, -0.1) is 0 Å². The second-order valence-electron chi connectivity index (χ2n) is 4.11. The highest BCUT2D eigenvalue weighted by Gasteiger charge is 2.10. The molecule has 3 nitrogen and oxygen atoms in total. The van der Waals surface area contributed by atoms with Gasteiger partial charge in [0.2, 0.25) is 0 Å². The lowest BCUT2D eigenvalue weighted by Gasteiger charge is -2.07. The molecule has 0 fully saturated rings. The Balaban J connectivity index is 2.12. The molecule has 1 aromatic carbocycles. The maximum Gasteiger partial charge on any atom is 0.147 e. The van der Waals surface area contributed by atoms with Gasteiger partial charge < -0.3 is 4.74 Å². The normalized spacial score (nSPS) is 10.7. The van der Waals surface area contributed by atoms with E-state index in [1.165, 1.54) is 5.56 Å². The number of aromatic nitrogens is 2. The molecule has 0 unspecified atom stereocenters. The van der Waals surface area contributed by atoms with Crippen molar-refractivity contribution in [1.29, 1.82) is 0 Å². The highest BCUT2D eigenvalue weighted by Crippen LogP contribution is 2.24. The summed E-state index contributed by atoms with van der Waals surface area (Å²) in [6, 6.07) is 10.3. The zero-order chi connectivity index (χ0) is 13.7. The summed E-state index contributed by atoms with van der Waals surface area (Å²) < 4.78 is 5.81.